The van der Waals surface area contributed by atoms with Crippen LogP contribution in [0.2, 0.25) is 0 Å². The van der Waals surface area contributed by atoms with E-state index >= 15 is 0 Å². The van der Waals surface area contributed by atoms with E-state index in [0.717, 1.165) is 23.1 Å². The summed E-state index contributed by atoms with van der Waals surface area (Å²) in [6, 6.07) is 9.77. The molecule has 0 saturated carbocycles. The Bertz CT molecular complexity index is 907. The van der Waals surface area contributed by atoms with Gasteiger partial charge in [0.2, 0.25) is 5.91 Å². The summed E-state index contributed by atoms with van der Waals surface area (Å²) < 4.78 is 31.4. The fourth-order valence-corrected chi connectivity index (χ4v) is 3.46. The number of anilines is 2. The number of benzene rings is 2. The van der Waals surface area contributed by atoms with Crippen LogP contribution in [0.4, 0.5) is 20.2 Å². The Morgan fingerprint density at radius 3 is 2.78 bits per heavy atom. The zero-order chi connectivity index (χ0) is 19.4. The van der Waals surface area contributed by atoms with Crippen LogP contribution in [-0.2, 0) is 19.1 Å². The standard InChI is InChI=1S/C18H14F2N2O4S/c19-10-5-6-11(20)13(7-10)21-16(23)9-26-17(24)8-15-18(25)22-12-3-1-2-4-14(12)27-15/h1-7,15H,8-9H2,(H,21,23)(H,22,25)/t15-/m1/s1. The van der Waals surface area contributed by atoms with Crippen LogP contribution in [-0.4, -0.2) is 29.6 Å². The molecule has 2 aromatic rings. The minimum absolute atomic E-state index is 0.230. The van der Waals surface area contributed by atoms with Gasteiger partial charge in [-0.3, -0.25) is 14.4 Å². The highest BCUT2D eigenvalue weighted by Gasteiger charge is 2.29. The van der Waals surface area contributed by atoms with Crippen LogP contribution in [0.15, 0.2) is 47.4 Å². The van der Waals surface area contributed by atoms with Gasteiger partial charge in [-0.15, -0.1) is 11.8 Å². The summed E-state index contributed by atoms with van der Waals surface area (Å²) in [5.41, 5.74) is 0.323. The average Bonchev–Trinajstić information content (AvgIpc) is 2.64. The lowest BCUT2D eigenvalue weighted by Crippen LogP contribution is -2.32. The highest BCUT2D eigenvalue weighted by Crippen LogP contribution is 2.36. The van der Waals surface area contributed by atoms with Gasteiger partial charge < -0.3 is 15.4 Å². The average molecular weight is 392 g/mol. The molecular formula is C18H14F2N2O4S. The summed E-state index contributed by atoms with van der Waals surface area (Å²) in [7, 11) is 0. The molecule has 3 rings (SSSR count). The van der Waals surface area contributed by atoms with Crippen LogP contribution in [0.1, 0.15) is 6.42 Å². The number of hydrogen-bond donors (Lipinski definition) is 2. The highest BCUT2D eigenvalue weighted by molar-refractivity contribution is 8.01. The van der Waals surface area contributed by atoms with E-state index in [1.54, 1.807) is 12.1 Å². The van der Waals surface area contributed by atoms with Crippen molar-refractivity contribution < 1.29 is 27.9 Å². The van der Waals surface area contributed by atoms with Gasteiger partial charge in [0.25, 0.3) is 5.91 Å². The number of nitrogens with one attached hydrogen (secondary N) is 2. The molecule has 0 aromatic heterocycles. The van der Waals surface area contributed by atoms with Crippen molar-refractivity contribution in [3.63, 3.8) is 0 Å². The van der Waals surface area contributed by atoms with E-state index in [1.807, 2.05) is 12.1 Å². The third-order valence-electron chi connectivity index (χ3n) is 3.63. The van der Waals surface area contributed by atoms with Crippen molar-refractivity contribution >= 4 is 40.9 Å². The molecule has 1 aliphatic rings. The number of carbonyl (C=O) groups is 3. The molecule has 0 unspecified atom stereocenters. The molecule has 0 radical (unpaired) electrons. The van der Waals surface area contributed by atoms with Gasteiger partial charge in [-0.1, -0.05) is 12.1 Å². The number of thioether (sulfide) groups is 1. The summed E-state index contributed by atoms with van der Waals surface area (Å²) in [5.74, 6) is -3.44. The smallest absolute Gasteiger partial charge is 0.307 e. The third kappa shape index (κ3) is 4.82. The van der Waals surface area contributed by atoms with Crippen molar-refractivity contribution in [2.45, 2.75) is 16.6 Å². The number of esters is 1. The van der Waals surface area contributed by atoms with Gasteiger partial charge in [0.1, 0.15) is 11.6 Å². The Kier molecular flexibility index (Phi) is 5.70. The fraction of sp³-hybridized carbons (Fsp3) is 0.167. The lowest BCUT2D eigenvalue weighted by Gasteiger charge is -2.23. The predicted molar refractivity (Wildman–Crippen MR) is 95.3 cm³/mol. The van der Waals surface area contributed by atoms with Gasteiger partial charge in [-0.2, -0.15) is 0 Å². The van der Waals surface area contributed by atoms with Crippen molar-refractivity contribution in [3.8, 4) is 0 Å². The third-order valence-corrected chi connectivity index (χ3v) is 4.90. The molecule has 0 spiro atoms. The normalized spacial score (nSPS) is 15.5. The summed E-state index contributed by atoms with van der Waals surface area (Å²) >= 11 is 1.23. The van der Waals surface area contributed by atoms with Crippen LogP contribution in [0.5, 0.6) is 0 Å². The minimum atomic E-state index is -0.820. The van der Waals surface area contributed by atoms with Gasteiger partial charge in [-0.05, 0) is 24.3 Å². The number of ether oxygens (including phenoxy) is 1. The topological polar surface area (TPSA) is 84.5 Å². The molecule has 2 amide bonds. The van der Waals surface area contributed by atoms with E-state index in [2.05, 4.69) is 10.6 Å². The summed E-state index contributed by atoms with van der Waals surface area (Å²) in [5, 5.41) is 4.13. The van der Waals surface area contributed by atoms with Crippen molar-refractivity contribution in [2.24, 2.45) is 0 Å². The van der Waals surface area contributed by atoms with E-state index < -0.39 is 35.4 Å². The Labute approximate surface area is 157 Å². The molecule has 1 atom stereocenters. The van der Waals surface area contributed by atoms with E-state index in [1.165, 1.54) is 11.8 Å². The van der Waals surface area contributed by atoms with Gasteiger partial charge in [0, 0.05) is 11.0 Å². The molecule has 27 heavy (non-hydrogen) atoms. The molecule has 2 aromatic carbocycles. The fourth-order valence-electron chi connectivity index (χ4n) is 2.36. The number of halogens is 2. The molecule has 0 aliphatic carbocycles. The summed E-state index contributed by atoms with van der Waals surface area (Å²) in [4.78, 5) is 36.5. The maximum absolute atomic E-state index is 13.5. The number of para-hydroxylation sites is 1. The second-order valence-electron chi connectivity index (χ2n) is 5.63. The zero-order valence-corrected chi connectivity index (χ0v) is 14.6. The van der Waals surface area contributed by atoms with Crippen LogP contribution < -0.4 is 10.6 Å². The molecule has 1 aliphatic heterocycles. The molecule has 9 heteroatoms. The van der Waals surface area contributed by atoms with E-state index in [-0.39, 0.29) is 18.0 Å². The van der Waals surface area contributed by atoms with Gasteiger partial charge >= 0.3 is 5.97 Å². The number of fused-ring (bicyclic) bond motifs is 1. The van der Waals surface area contributed by atoms with Crippen LogP contribution in [0, 0.1) is 11.6 Å². The molecule has 0 bridgehead atoms. The highest BCUT2D eigenvalue weighted by atomic mass is 32.2. The largest absolute Gasteiger partial charge is 0.456 e. The molecular weight excluding hydrogens is 378 g/mol. The maximum Gasteiger partial charge on any atom is 0.307 e. The van der Waals surface area contributed by atoms with Gasteiger partial charge in [0.15, 0.2) is 6.61 Å². The predicted octanol–water partition coefficient (Wildman–Crippen LogP) is 2.95. The Balaban J connectivity index is 1.50. The van der Waals surface area contributed by atoms with Gasteiger partial charge in [0.05, 0.1) is 23.0 Å². The molecule has 1 heterocycles. The Hall–Kier alpha value is -2.94. The molecule has 2 N–H and O–H groups in total. The SMILES string of the molecule is O=C(COC(=O)C[C@H]1Sc2ccccc2NC1=O)Nc1cc(F)ccc1F. The van der Waals surface area contributed by atoms with Gasteiger partial charge in [-0.25, -0.2) is 8.78 Å². The molecule has 0 saturated heterocycles. The van der Waals surface area contributed by atoms with Crippen LogP contribution in [0.3, 0.4) is 0 Å². The lowest BCUT2D eigenvalue weighted by molar-refractivity contribution is -0.147. The second-order valence-corrected chi connectivity index (χ2v) is 6.87. The Morgan fingerprint density at radius 1 is 1.19 bits per heavy atom. The summed E-state index contributed by atoms with van der Waals surface area (Å²) in [6.45, 7) is -0.676. The first kappa shape index (κ1) is 18.8. The Morgan fingerprint density at radius 2 is 1.96 bits per heavy atom. The van der Waals surface area contributed by atoms with Crippen molar-refractivity contribution in [1.29, 1.82) is 0 Å². The van der Waals surface area contributed by atoms with Crippen LogP contribution in [0.25, 0.3) is 0 Å². The van der Waals surface area contributed by atoms with Crippen molar-refractivity contribution in [1.82, 2.24) is 0 Å². The molecule has 6 nitrogen and oxygen atoms in total. The number of rotatable bonds is 5. The number of amides is 2. The van der Waals surface area contributed by atoms with E-state index in [0.29, 0.717) is 5.69 Å². The molecule has 140 valence electrons. The lowest BCUT2D eigenvalue weighted by atomic mass is 10.2. The maximum atomic E-state index is 13.5. The van der Waals surface area contributed by atoms with Crippen molar-refractivity contribution in [2.75, 3.05) is 17.2 Å². The van der Waals surface area contributed by atoms with Crippen LogP contribution >= 0.6 is 11.8 Å². The first-order chi connectivity index (χ1) is 12.9. The zero-order valence-electron chi connectivity index (χ0n) is 13.8. The van der Waals surface area contributed by atoms with Crippen molar-refractivity contribution in [3.05, 3.63) is 54.1 Å². The quantitative estimate of drug-likeness (QED) is 0.765. The summed E-state index contributed by atoms with van der Waals surface area (Å²) in [6.07, 6.45) is -0.230. The number of hydrogen-bond acceptors (Lipinski definition) is 5. The van der Waals surface area contributed by atoms with E-state index in [9.17, 15) is 23.2 Å². The second kappa shape index (κ2) is 8.17. The first-order valence-corrected chi connectivity index (χ1v) is 8.77. The number of carbonyl (C=O) groups excluding carboxylic acids is 3. The monoisotopic (exact) mass is 392 g/mol. The molecule has 0 fully saturated rings. The first-order valence-electron chi connectivity index (χ1n) is 7.89. The minimum Gasteiger partial charge on any atom is -0.456 e. The van der Waals surface area contributed by atoms with E-state index in [4.69, 9.17) is 4.74 Å².